The number of benzene rings is 1. The molecule has 0 radical (unpaired) electrons. The monoisotopic (exact) mass is 235 g/mol. The lowest BCUT2D eigenvalue weighted by Crippen LogP contribution is -2.39. The van der Waals surface area contributed by atoms with Crippen LogP contribution in [0.1, 0.15) is 25.0 Å². The van der Waals surface area contributed by atoms with Gasteiger partial charge in [-0.15, -0.1) is 0 Å². The summed E-state index contributed by atoms with van der Waals surface area (Å²) in [4.78, 5) is 2.20. The average molecular weight is 235 g/mol. The summed E-state index contributed by atoms with van der Waals surface area (Å²) in [5.74, 6) is 0. The number of hydrogen-bond acceptors (Lipinski definition) is 3. The molecule has 1 aliphatic rings. The van der Waals surface area contributed by atoms with Crippen LogP contribution in [0.25, 0.3) is 0 Å². The van der Waals surface area contributed by atoms with Gasteiger partial charge in [-0.05, 0) is 26.0 Å². The largest absolute Gasteiger partial charge is 0.387 e. The summed E-state index contributed by atoms with van der Waals surface area (Å²) in [6.07, 6.45) is 0.899. The Balaban J connectivity index is 1.92. The Kier molecular flexibility index (Phi) is 4.15. The number of nitrogens with zero attached hydrogens (tertiary/aromatic N) is 1. The van der Waals surface area contributed by atoms with Gasteiger partial charge in [-0.1, -0.05) is 30.3 Å². The van der Waals surface area contributed by atoms with Crippen LogP contribution in [-0.4, -0.2) is 42.4 Å². The van der Waals surface area contributed by atoms with Crippen LogP contribution in [0.5, 0.6) is 0 Å². The maximum Gasteiger partial charge on any atom is 0.0916 e. The van der Waals surface area contributed by atoms with Crippen LogP contribution in [0, 0.1) is 0 Å². The second-order valence-electron chi connectivity index (χ2n) is 4.80. The molecule has 1 aromatic carbocycles. The molecule has 1 aliphatic heterocycles. The molecule has 0 aromatic heterocycles. The van der Waals surface area contributed by atoms with Gasteiger partial charge in [0.15, 0.2) is 0 Å². The van der Waals surface area contributed by atoms with E-state index in [0.717, 1.165) is 18.6 Å². The summed E-state index contributed by atoms with van der Waals surface area (Å²) < 4.78 is 5.55. The highest BCUT2D eigenvalue weighted by molar-refractivity contribution is 5.17. The Morgan fingerprint density at radius 2 is 2.12 bits per heavy atom. The van der Waals surface area contributed by atoms with Crippen molar-refractivity contribution in [3.8, 4) is 0 Å². The van der Waals surface area contributed by atoms with E-state index < -0.39 is 6.10 Å². The molecule has 2 rings (SSSR count). The maximum atomic E-state index is 10.2. The predicted molar refractivity (Wildman–Crippen MR) is 67.9 cm³/mol. The van der Waals surface area contributed by atoms with Gasteiger partial charge >= 0.3 is 0 Å². The highest BCUT2D eigenvalue weighted by atomic mass is 16.5. The van der Waals surface area contributed by atoms with Crippen molar-refractivity contribution in [3.63, 3.8) is 0 Å². The number of rotatable bonds is 4. The van der Waals surface area contributed by atoms with Crippen molar-refractivity contribution >= 4 is 0 Å². The lowest BCUT2D eigenvalue weighted by molar-refractivity contribution is 0.0579. The molecule has 1 N–H and O–H groups in total. The van der Waals surface area contributed by atoms with Crippen LogP contribution in [-0.2, 0) is 4.74 Å². The Labute approximate surface area is 103 Å². The fraction of sp³-hybridized carbons (Fsp3) is 0.571. The fourth-order valence-electron chi connectivity index (χ4n) is 2.49. The third-order valence-corrected chi connectivity index (χ3v) is 3.55. The topological polar surface area (TPSA) is 32.7 Å². The first kappa shape index (κ1) is 12.6. The first-order chi connectivity index (χ1) is 8.18. The van der Waals surface area contributed by atoms with E-state index in [1.165, 1.54) is 0 Å². The number of aliphatic hydroxyl groups is 1. The van der Waals surface area contributed by atoms with Crippen molar-refractivity contribution < 1.29 is 9.84 Å². The minimum absolute atomic E-state index is 0.267. The standard InChI is InChI=1S/C14H21NO2/c1-11-13(8-9-17-11)15(2)10-14(16)12-6-4-3-5-7-12/h3-7,11,13-14,16H,8-10H2,1-2H3. The molecule has 0 amide bonds. The van der Waals surface area contributed by atoms with Gasteiger partial charge in [-0.3, -0.25) is 4.90 Å². The van der Waals surface area contributed by atoms with Gasteiger partial charge < -0.3 is 9.84 Å². The Morgan fingerprint density at radius 1 is 1.41 bits per heavy atom. The van der Waals surface area contributed by atoms with Crippen molar-refractivity contribution in [2.75, 3.05) is 20.2 Å². The zero-order valence-corrected chi connectivity index (χ0v) is 10.5. The number of likely N-dealkylation sites (N-methyl/N-ethyl adjacent to an activating group) is 1. The Morgan fingerprint density at radius 3 is 2.71 bits per heavy atom. The molecule has 0 saturated carbocycles. The van der Waals surface area contributed by atoms with Gasteiger partial charge in [0.2, 0.25) is 0 Å². The maximum absolute atomic E-state index is 10.2. The van der Waals surface area contributed by atoms with Gasteiger partial charge in [0.25, 0.3) is 0 Å². The molecular formula is C14H21NO2. The first-order valence-electron chi connectivity index (χ1n) is 6.23. The van der Waals surface area contributed by atoms with Crippen LogP contribution >= 0.6 is 0 Å². The molecule has 0 aliphatic carbocycles. The van der Waals surface area contributed by atoms with Gasteiger partial charge in [0, 0.05) is 19.2 Å². The summed E-state index contributed by atoms with van der Waals surface area (Å²) in [6, 6.07) is 10.2. The van der Waals surface area contributed by atoms with Gasteiger partial charge in [-0.2, -0.15) is 0 Å². The van der Waals surface area contributed by atoms with E-state index >= 15 is 0 Å². The van der Waals surface area contributed by atoms with Crippen molar-refractivity contribution in [1.82, 2.24) is 4.90 Å². The lowest BCUT2D eigenvalue weighted by atomic mass is 10.1. The summed E-state index contributed by atoms with van der Waals surface area (Å²) >= 11 is 0. The van der Waals surface area contributed by atoms with Gasteiger partial charge in [0.1, 0.15) is 0 Å². The first-order valence-corrected chi connectivity index (χ1v) is 6.23. The third kappa shape index (κ3) is 3.06. The van der Waals surface area contributed by atoms with Crippen LogP contribution < -0.4 is 0 Å². The van der Waals surface area contributed by atoms with E-state index in [0.29, 0.717) is 12.6 Å². The minimum atomic E-state index is -0.422. The van der Waals surface area contributed by atoms with Crippen LogP contribution in [0.15, 0.2) is 30.3 Å². The van der Waals surface area contributed by atoms with E-state index in [-0.39, 0.29) is 6.10 Å². The molecule has 1 heterocycles. The summed E-state index contributed by atoms with van der Waals surface area (Å²) in [5.41, 5.74) is 0.978. The minimum Gasteiger partial charge on any atom is -0.387 e. The Hall–Kier alpha value is -0.900. The number of aliphatic hydroxyl groups excluding tert-OH is 1. The highest BCUT2D eigenvalue weighted by Crippen LogP contribution is 2.21. The lowest BCUT2D eigenvalue weighted by Gasteiger charge is -2.28. The second-order valence-corrected chi connectivity index (χ2v) is 4.80. The van der Waals surface area contributed by atoms with E-state index in [4.69, 9.17) is 4.74 Å². The molecule has 3 heteroatoms. The second kappa shape index (κ2) is 5.63. The molecule has 0 spiro atoms. The molecule has 3 unspecified atom stereocenters. The van der Waals surface area contributed by atoms with Crippen molar-refractivity contribution in [2.24, 2.45) is 0 Å². The average Bonchev–Trinajstić information content (AvgIpc) is 2.76. The molecule has 94 valence electrons. The van der Waals surface area contributed by atoms with Crippen molar-refractivity contribution in [2.45, 2.75) is 31.6 Å². The summed E-state index contributed by atoms with van der Waals surface area (Å²) in [7, 11) is 2.06. The normalized spacial score (nSPS) is 26.4. The highest BCUT2D eigenvalue weighted by Gasteiger charge is 2.28. The SMILES string of the molecule is CC1OCCC1N(C)CC(O)c1ccccc1. The molecular weight excluding hydrogens is 214 g/mol. The van der Waals surface area contributed by atoms with Crippen LogP contribution in [0.3, 0.4) is 0 Å². The van der Waals surface area contributed by atoms with E-state index in [1.54, 1.807) is 0 Å². The molecule has 0 bridgehead atoms. The zero-order valence-electron chi connectivity index (χ0n) is 10.5. The smallest absolute Gasteiger partial charge is 0.0916 e. The van der Waals surface area contributed by atoms with Gasteiger partial charge in [0.05, 0.1) is 12.2 Å². The summed E-state index contributed by atoms with van der Waals surface area (Å²) in [6.45, 7) is 3.59. The van der Waals surface area contributed by atoms with Crippen molar-refractivity contribution in [3.05, 3.63) is 35.9 Å². The molecule has 1 aromatic rings. The summed E-state index contributed by atoms with van der Waals surface area (Å²) in [5, 5.41) is 10.2. The quantitative estimate of drug-likeness (QED) is 0.864. The van der Waals surface area contributed by atoms with Gasteiger partial charge in [-0.25, -0.2) is 0 Å². The van der Waals surface area contributed by atoms with E-state index in [9.17, 15) is 5.11 Å². The molecule has 1 fully saturated rings. The zero-order chi connectivity index (χ0) is 12.3. The van der Waals surface area contributed by atoms with Crippen molar-refractivity contribution in [1.29, 1.82) is 0 Å². The number of hydrogen-bond donors (Lipinski definition) is 1. The molecule has 3 nitrogen and oxygen atoms in total. The van der Waals surface area contributed by atoms with Crippen LogP contribution in [0.2, 0.25) is 0 Å². The van der Waals surface area contributed by atoms with E-state index in [2.05, 4.69) is 18.9 Å². The predicted octanol–water partition coefficient (Wildman–Crippen LogP) is 1.83. The molecule has 1 saturated heterocycles. The molecule has 3 atom stereocenters. The fourth-order valence-corrected chi connectivity index (χ4v) is 2.49. The molecule has 17 heavy (non-hydrogen) atoms. The third-order valence-electron chi connectivity index (χ3n) is 3.55. The Bertz CT molecular complexity index is 341. The number of ether oxygens (including phenoxy) is 1. The van der Waals surface area contributed by atoms with E-state index in [1.807, 2.05) is 30.3 Å². The van der Waals surface area contributed by atoms with Crippen LogP contribution in [0.4, 0.5) is 0 Å².